The highest BCUT2D eigenvalue weighted by Gasteiger charge is 2.00. The van der Waals surface area contributed by atoms with E-state index in [1.165, 1.54) is 11.6 Å². The third-order valence-corrected chi connectivity index (χ3v) is 3.14. The van der Waals surface area contributed by atoms with E-state index in [2.05, 4.69) is 21.2 Å². The molecule has 0 unspecified atom stereocenters. The molecule has 0 aliphatic heterocycles. The van der Waals surface area contributed by atoms with Crippen LogP contribution in [0.5, 0.6) is 11.5 Å². The highest BCUT2D eigenvalue weighted by molar-refractivity contribution is 9.10. The lowest BCUT2D eigenvalue weighted by molar-refractivity contribution is 0.403. The van der Waals surface area contributed by atoms with E-state index in [-0.39, 0.29) is 11.5 Å². The number of rotatable bonds is 4. The molecule has 4 heteroatoms. The van der Waals surface area contributed by atoms with Crippen molar-refractivity contribution in [3.63, 3.8) is 0 Å². The van der Waals surface area contributed by atoms with Crippen LogP contribution < -0.4 is 5.32 Å². The molecule has 2 aromatic carbocycles. The molecule has 0 aliphatic rings. The number of halogens is 1. The Hall–Kier alpha value is -1.52. The first kappa shape index (κ1) is 12.9. The first-order valence-corrected chi connectivity index (χ1v) is 6.40. The van der Waals surface area contributed by atoms with Crippen molar-refractivity contribution in [1.29, 1.82) is 0 Å². The molecule has 18 heavy (non-hydrogen) atoms. The highest BCUT2D eigenvalue weighted by Crippen LogP contribution is 2.24. The van der Waals surface area contributed by atoms with Gasteiger partial charge < -0.3 is 15.5 Å². The Morgan fingerprint density at radius 3 is 2.11 bits per heavy atom. The molecule has 0 spiro atoms. The summed E-state index contributed by atoms with van der Waals surface area (Å²) in [7, 11) is 0. The molecule has 0 saturated carbocycles. The number of aromatic hydroxyl groups is 2. The van der Waals surface area contributed by atoms with E-state index < -0.39 is 0 Å². The Morgan fingerprint density at radius 1 is 0.833 bits per heavy atom. The standard InChI is InChI=1S/C14H14BrNO2/c15-12-4-1-10(2-5-12)8-16-9-11-3-6-13(17)14(18)7-11/h1-7,16-18H,8-9H2. The van der Waals surface area contributed by atoms with Crippen molar-refractivity contribution in [2.45, 2.75) is 13.1 Å². The molecule has 0 fully saturated rings. The molecule has 0 heterocycles. The van der Waals surface area contributed by atoms with Crippen molar-refractivity contribution in [1.82, 2.24) is 5.32 Å². The lowest BCUT2D eigenvalue weighted by atomic mass is 10.2. The smallest absolute Gasteiger partial charge is 0.157 e. The predicted octanol–water partition coefficient (Wildman–Crippen LogP) is 3.15. The zero-order valence-electron chi connectivity index (χ0n) is 9.73. The summed E-state index contributed by atoms with van der Waals surface area (Å²) in [4.78, 5) is 0. The van der Waals surface area contributed by atoms with Crippen molar-refractivity contribution in [2.75, 3.05) is 0 Å². The summed E-state index contributed by atoms with van der Waals surface area (Å²) >= 11 is 3.39. The number of hydrogen-bond donors (Lipinski definition) is 3. The summed E-state index contributed by atoms with van der Waals surface area (Å²) in [5, 5.41) is 21.8. The van der Waals surface area contributed by atoms with Gasteiger partial charge in [-0.2, -0.15) is 0 Å². The topological polar surface area (TPSA) is 52.5 Å². The molecule has 2 rings (SSSR count). The number of phenols is 2. The van der Waals surface area contributed by atoms with Gasteiger partial charge in [0.05, 0.1) is 0 Å². The molecule has 0 bridgehead atoms. The molecule has 94 valence electrons. The molecule has 0 aliphatic carbocycles. The largest absolute Gasteiger partial charge is 0.504 e. The second-order valence-corrected chi connectivity index (χ2v) is 4.97. The van der Waals surface area contributed by atoms with Crippen molar-refractivity contribution in [3.05, 3.63) is 58.1 Å². The van der Waals surface area contributed by atoms with Crippen LogP contribution >= 0.6 is 15.9 Å². The zero-order chi connectivity index (χ0) is 13.0. The molecule has 0 aromatic heterocycles. The molecule has 0 atom stereocenters. The minimum absolute atomic E-state index is 0.0852. The van der Waals surface area contributed by atoms with Gasteiger partial charge >= 0.3 is 0 Å². The second kappa shape index (κ2) is 5.89. The Balaban J connectivity index is 1.88. The predicted molar refractivity (Wildman–Crippen MR) is 74.5 cm³/mol. The summed E-state index contributed by atoms with van der Waals surface area (Å²) in [5.74, 6) is -0.176. The fourth-order valence-corrected chi connectivity index (χ4v) is 1.90. The van der Waals surface area contributed by atoms with Gasteiger partial charge in [0.15, 0.2) is 11.5 Å². The molecular formula is C14H14BrNO2. The van der Waals surface area contributed by atoms with Crippen LogP contribution in [0, 0.1) is 0 Å². The van der Waals surface area contributed by atoms with Gasteiger partial charge in [0.1, 0.15) is 0 Å². The molecule has 0 saturated heterocycles. The number of nitrogens with one attached hydrogen (secondary N) is 1. The van der Waals surface area contributed by atoms with Crippen LogP contribution in [0.1, 0.15) is 11.1 Å². The van der Waals surface area contributed by atoms with Crippen LogP contribution in [0.2, 0.25) is 0 Å². The molecule has 3 N–H and O–H groups in total. The van der Waals surface area contributed by atoms with Gasteiger partial charge in [0.2, 0.25) is 0 Å². The third kappa shape index (κ3) is 3.48. The van der Waals surface area contributed by atoms with Crippen molar-refractivity contribution in [2.24, 2.45) is 0 Å². The first-order valence-electron chi connectivity index (χ1n) is 5.61. The summed E-state index contributed by atoms with van der Waals surface area (Å²) in [6.07, 6.45) is 0. The monoisotopic (exact) mass is 307 g/mol. The van der Waals surface area contributed by atoms with Gasteiger partial charge in [-0.1, -0.05) is 34.1 Å². The van der Waals surface area contributed by atoms with E-state index in [4.69, 9.17) is 0 Å². The Labute approximate surface area is 114 Å². The molecule has 2 aromatic rings. The summed E-state index contributed by atoms with van der Waals surface area (Å²) in [6, 6.07) is 12.9. The maximum atomic E-state index is 9.36. The average molecular weight is 308 g/mol. The van der Waals surface area contributed by atoms with Gasteiger partial charge in [-0.3, -0.25) is 0 Å². The number of hydrogen-bond acceptors (Lipinski definition) is 3. The quantitative estimate of drug-likeness (QED) is 0.761. The lowest BCUT2D eigenvalue weighted by Gasteiger charge is -2.06. The van der Waals surface area contributed by atoms with Crippen LogP contribution in [0.3, 0.4) is 0 Å². The van der Waals surface area contributed by atoms with Crippen LogP contribution in [0.15, 0.2) is 46.9 Å². The summed E-state index contributed by atoms with van der Waals surface area (Å²) < 4.78 is 1.06. The fraction of sp³-hybridized carbons (Fsp3) is 0.143. The van der Waals surface area contributed by atoms with Crippen molar-refractivity contribution < 1.29 is 10.2 Å². The normalized spacial score (nSPS) is 10.5. The maximum absolute atomic E-state index is 9.36. The van der Waals surface area contributed by atoms with Gasteiger partial charge in [0.25, 0.3) is 0 Å². The van der Waals surface area contributed by atoms with Crippen molar-refractivity contribution in [3.8, 4) is 11.5 Å². The molecule has 0 radical (unpaired) electrons. The van der Waals surface area contributed by atoms with Gasteiger partial charge in [-0.15, -0.1) is 0 Å². The molecular weight excluding hydrogens is 294 g/mol. The van der Waals surface area contributed by atoms with Crippen LogP contribution in [0.4, 0.5) is 0 Å². The van der Waals surface area contributed by atoms with E-state index >= 15 is 0 Å². The lowest BCUT2D eigenvalue weighted by Crippen LogP contribution is -2.12. The second-order valence-electron chi connectivity index (χ2n) is 4.05. The van der Waals surface area contributed by atoms with E-state index in [0.29, 0.717) is 6.54 Å². The Morgan fingerprint density at radius 2 is 1.44 bits per heavy atom. The van der Waals surface area contributed by atoms with E-state index in [9.17, 15) is 10.2 Å². The average Bonchev–Trinajstić information content (AvgIpc) is 2.36. The Bertz CT molecular complexity index is 526. The van der Waals surface area contributed by atoms with E-state index in [1.54, 1.807) is 12.1 Å². The van der Waals surface area contributed by atoms with Crippen molar-refractivity contribution >= 4 is 15.9 Å². The van der Waals surface area contributed by atoms with Gasteiger partial charge in [-0.05, 0) is 35.4 Å². The maximum Gasteiger partial charge on any atom is 0.157 e. The Kier molecular flexibility index (Phi) is 4.23. The minimum Gasteiger partial charge on any atom is -0.504 e. The van der Waals surface area contributed by atoms with Crippen LogP contribution in [0.25, 0.3) is 0 Å². The first-order chi connectivity index (χ1) is 8.65. The summed E-state index contributed by atoms with van der Waals surface area (Å²) in [6.45, 7) is 1.40. The number of benzene rings is 2. The van der Waals surface area contributed by atoms with Crippen LogP contribution in [-0.2, 0) is 13.1 Å². The number of phenolic OH excluding ortho intramolecular Hbond substituents is 2. The fourth-order valence-electron chi connectivity index (χ4n) is 1.63. The van der Waals surface area contributed by atoms with Gasteiger partial charge in [-0.25, -0.2) is 0 Å². The SMILES string of the molecule is Oc1ccc(CNCc2ccc(Br)cc2)cc1O. The third-order valence-electron chi connectivity index (χ3n) is 2.61. The minimum atomic E-state index is -0.0911. The van der Waals surface area contributed by atoms with Crippen LogP contribution in [-0.4, -0.2) is 10.2 Å². The molecule has 0 amide bonds. The van der Waals surface area contributed by atoms with E-state index in [0.717, 1.165) is 16.6 Å². The highest BCUT2D eigenvalue weighted by atomic mass is 79.9. The van der Waals surface area contributed by atoms with Gasteiger partial charge in [0, 0.05) is 17.6 Å². The molecule has 3 nitrogen and oxygen atoms in total. The zero-order valence-corrected chi connectivity index (χ0v) is 11.3. The van der Waals surface area contributed by atoms with E-state index in [1.807, 2.05) is 24.3 Å². The summed E-state index contributed by atoms with van der Waals surface area (Å²) in [5.41, 5.74) is 2.13.